The fourth-order valence-corrected chi connectivity index (χ4v) is 1.93. The second-order valence-corrected chi connectivity index (χ2v) is 3.87. The number of halogens is 1. The topological polar surface area (TPSA) is 73.6 Å². The lowest BCUT2D eigenvalue weighted by molar-refractivity contribution is 0.0683. The van der Waals surface area contributed by atoms with E-state index in [0.717, 1.165) is 6.07 Å². The molecule has 1 N–H and O–H groups in total. The molecule has 94 valence electrons. The number of rotatable bonds is 2. The summed E-state index contributed by atoms with van der Waals surface area (Å²) in [4.78, 5) is 12.7. The predicted molar refractivity (Wildman–Crippen MR) is 60.9 cm³/mol. The Bertz CT molecular complexity index is 513. The second kappa shape index (κ2) is 5.02. The molecular formula is C12H11FN2O3. The molecule has 0 aliphatic carbocycles. The second-order valence-electron chi connectivity index (χ2n) is 3.87. The number of morpholine rings is 1. The largest absolute Gasteiger partial charge is 0.478 e. The molecule has 18 heavy (non-hydrogen) atoms. The van der Waals surface area contributed by atoms with Gasteiger partial charge in [0.15, 0.2) is 6.10 Å². The van der Waals surface area contributed by atoms with Crippen LogP contribution in [0.1, 0.15) is 10.4 Å². The van der Waals surface area contributed by atoms with Gasteiger partial charge in [-0.15, -0.1) is 0 Å². The van der Waals surface area contributed by atoms with Crippen LogP contribution in [0.4, 0.5) is 10.1 Å². The zero-order valence-corrected chi connectivity index (χ0v) is 9.47. The number of anilines is 1. The molecule has 1 saturated heterocycles. The number of aromatic carboxylic acids is 1. The van der Waals surface area contributed by atoms with Crippen molar-refractivity contribution >= 4 is 11.7 Å². The Morgan fingerprint density at radius 3 is 3.06 bits per heavy atom. The molecule has 0 radical (unpaired) electrons. The molecule has 1 aromatic rings. The number of nitriles is 1. The van der Waals surface area contributed by atoms with Crippen molar-refractivity contribution in [3.8, 4) is 6.07 Å². The molecule has 5 nitrogen and oxygen atoms in total. The first-order valence-corrected chi connectivity index (χ1v) is 5.41. The van der Waals surface area contributed by atoms with E-state index in [-0.39, 0.29) is 17.8 Å². The number of nitrogens with zero attached hydrogens (tertiary/aromatic N) is 2. The molecular weight excluding hydrogens is 239 g/mol. The Balaban J connectivity index is 2.36. The summed E-state index contributed by atoms with van der Waals surface area (Å²) in [5.41, 5.74) is -0.0814. The minimum Gasteiger partial charge on any atom is -0.478 e. The molecule has 0 amide bonds. The molecule has 6 heteroatoms. The van der Waals surface area contributed by atoms with E-state index in [9.17, 15) is 9.18 Å². The third-order valence-corrected chi connectivity index (χ3v) is 2.76. The third kappa shape index (κ3) is 2.26. The lowest BCUT2D eigenvalue weighted by Gasteiger charge is -2.32. The Morgan fingerprint density at radius 1 is 1.61 bits per heavy atom. The van der Waals surface area contributed by atoms with Gasteiger partial charge in [-0.2, -0.15) is 5.26 Å². The number of carbonyl (C=O) groups is 1. The molecule has 1 unspecified atom stereocenters. The van der Waals surface area contributed by atoms with Gasteiger partial charge in [-0.1, -0.05) is 6.07 Å². The first kappa shape index (κ1) is 12.3. The predicted octanol–water partition coefficient (Wildman–Crippen LogP) is 1.25. The van der Waals surface area contributed by atoms with E-state index in [2.05, 4.69) is 0 Å². The van der Waals surface area contributed by atoms with Crippen LogP contribution >= 0.6 is 0 Å². The number of carboxylic acids is 1. The summed E-state index contributed by atoms with van der Waals surface area (Å²) in [6.07, 6.45) is -0.622. The lowest BCUT2D eigenvalue weighted by Crippen LogP contribution is -2.42. The SMILES string of the molecule is N#CC1CN(c2cccc(F)c2C(=O)O)CCO1. The van der Waals surface area contributed by atoms with Crippen LogP contribution in [0, 0.1) is 17.1 Å². The highest BCUT2D eigenvalue weighted by Gasteiger charge is 2.25. The summed E-state index contributed by atoms with van der Waals surface area (Å²) < 4.78 is 18.7. The van der Waals surface area contributed by atoms with Crippen molar-refractivity contribution in [1.29, 1.82) is 5.26 Å². The average molecular weight is 250 g/mol. The van der Waals surface area contributed by atoms with Crippen molar-refractivity contribution in [2.45, 2.75) is 6.10 Å². The van der Waals surface area contributed by atoms with Crippen LogP contribution in [0.15, 0.2) is 18.2 Å². The Kier molecular flexibility index (Phi) is 3.44. The van der Waals surface area contributed by atoms with E-state index >= 15 is 0 Å². The van der Waals surface area contributed by atoms with Crippen LogP contribution in [-0.4, -0.2) is 36.9 Å². The average Bonchev–Trinajstić information content (AvgIpc) is 2.38. The highest BCUT2D eigenvalue weighted by molar-refractivity contribution is 5.94. The van der Waals surface area contributed by atoms with Gasteiger partial charge in [-0.25, -0.2) is 9.18 Å². The number of ether oxygens (including phenoxy) is 1. The monoisotopic (exact) mass is 250 g/mol. The van der Waals surface area contributed by atoms with Gasteiger partial charge in [0.05, 0.1) is 24.9 Å². The van der Waals surface area contributed by atoms with Gasteiger partial charge in [-0.3, -0.25) is 0 Å². The minimum atomic E-state index is -1.32. The maximum absolute atomic E-state index is 13.5. The number of hydrogen-bond acceptors (Lipinski definition) is 4. The number of carboxylic acid groups (broad SMARTS) is 1. The van der Waals surface area contributed by atoms with Gasteiger partial charge in [0.25, 0.3) is 0 Å². The quantitative estimate of drug-likeness (QED) is 0.855. The zero-order chi connectivity index (χ0) is 13.1. The van der Waals surface area contributed by atoms with E-state index in [1.807, 2.05) is 6.07 Å². The van der Waals surface area contributed by atoms with Crippen molar-refractivity contribution in [3.05, 3.63) is 29.6 Å². The van der Waals surface area contributed by atoms with Gasteiger partial charge < -0.3 is 14.7 Å². The fourth-order valence-electron chi connectivity index (χ4n) is 1.93. The molecule has 1 heterocycles. The highest BCUT2D eigenvalue weighted by Crippen LogP contribution is 2.25. The standard InChI is InChI=1S/C12H11FN2O3/c13-9-2-1-3-10(11(9)12(16)17)15-4-5-18-8(6-14)7-15/h1-3,8H,4-5,7H2,(H,16,17). The number of benzene rings is 1. The summed E-state index contributed by atoms with van der Waals surface area (Å²) in [5.74, 6) is -2.09. The van der Waals surface area contributed by atoms with Crippen molar-refractivity contribution in [1.82, 2.24) is 0 Å². The van der Waals surface area contributed by atoms with E-state index in [1.54, 1.807) is 4.90 Å². The van der Waals surface area contributed by atoms with E-state index in [0.29, 0.717) is 13.2 Å². The maximum Gasteiger partial charge on any atom is 0.340 e. The first-order valence-electron chi connectivity index (χ1n) is 5.41. The van der Waals surface area contributed by atoms with Crippen molar-refractivity contribution < 1.29 is 19.0 Å². The van der Waals surface area contributed by atoms with Crippen LogP contribution < -0.4 is 4.90 Å². The van der Waals surface area contributed by atoms with Crippen molar-refractivity contribution in [2.24, 2.45) is 0 Å². The van der Waals surface area contributed by atoms with Crippen LogP contribution in [0.5, 0.6) is 0 Å². The molecule has 1 aromatic carbocycles. The van der Waals surface area contributed by atoms with E-state index in [4.69, 9.17) is 15.1 Å². The van der Waals surface area contributed by atoms with Gasteiger partial charge >= 0.3 is 5.97 Å². The normalized spacial score (nSPS) is 19.3. The van der Waals surface area contributed by atoms with Crippen LogP contribution in [0.25, 0.3) is 0 Å². The smallest absolute Gasteiger partial charge is 0.340 e. The number of hydrogen-bond donors (Lipinski definition) is 1. The first-order chi connectivity index (χ1) is 8.63. The molecule has 0 bridgehead atoms. The highest BCUT2D eigenvalue weighted by atomic mass is 19.1. The summed E-state index contributed by atoms with van der Waals surface area (Å²) in [6, 6.07) is 6.05. The Morgan fingerprint density at radius 2 is 2.39 bits per heavy atom. The van der Waals surface area contributed by atoms with Gasteiger partial charge in [0.2, 0.25) is 0 Å². The molecule has 0 aromatic heterocycles. The minimum absolute atomic E-state index is 0.236. The summed E-state index contributed by atoms with van der Waals surface area (Å²) >= 11 is 0. The van der Waals surface area contributed by atoms with Crippen molar-refractivity contribution in [2.75, 3.05) is 24.6 Å². The molecule has 1 aliphatic rings. The van der Waals surface area contributed by atoms with Crippen LogP contribution in [-0.2, 0) is 4.74 Å². The summed E-state index contributed by atoms with van der Waals surface area (Å²) in [7, 11) is 0. The molecule has 0 saturated carbocycles. The molecule has 2 rings (SSSR count). The van der Waals surface area contributed by atoms with E-state index < -0.39 is 17.9 Å². The lowest BCUT2D eigenvalue weighted by atomic mass is 10.1. The van der Waals surface area contributed by atoms with Crippen LogP contribution in [0.2, 0.25) is 0 Å². The van der Waals surface area contributed by atoms with Crippen molar-refractivity contribution in [3.63, 3.8) is 0 Å². The molecule has 1 fully saturated rings. The summed E-state index contributed by atoms with van der Waals surface area (Å²) in [5, 5.41) is 17.8. The maximum atomic E-state index is 13.5. The van der Waals surface area contributed by atoms with Gasteiger partial charge in [0, 0.05) is 6.54 Å². The summed E-state index contributed by atoms with van der Waals surface area (Å²) in [6.45, 7) is 0.982. The molecule has 0 spiro atoms. The van der Waals surface area contributed by atoms with E-state index in [1.165, 1.54) is 12.1 Å². The molecule has 1 atom stereocenters. The van der Waals surface area contributed by atoms with Gasteiger partial charge in [0.1, 0.15) is 11.4 Å². The Labute approximate surface area is 103 Å². The molecule has 1 aliphatic heterocycles. The van der Waals surface area contributed by atoms with Gasteiger partial charge in [-0.05, 0) is 12.1 Å². The van der Waals surface area contributed by atoms with Crippen LogP contribution in [0.3, 0.4) is 0 Å². The zero-order valence-electron chi connectivity index (χ0n) is 9.47. The fraction of sp³-hybridized carbons (Fsp3) is 0.333. The Hall–Kier alpha value is -2.13. The third-order valence-electron chi connectivity index (χ3n) is 2.76.